The summed E-state index contributed by atoms with van der Waals surface area (Å²) in [5.41, 5.74) is -0.324. The maximum atomic E-state index is 9.94. The fourth-order valence-electron chi connectivity index (χ4n) is 0.274. The first-order chi connectivity index (χ1) is 3.42. The topological polar surface area (TPSA) is 46.2 Å². The van der Waals surface area contributed by atoms with Crippen LogP contribution in [0.25, 0.3) is 0 Å². The van der Waals surface area contributed by atoms with Crippen molar-refractivity contribution in [2.75, 3.05) is 0 Å². The number of rotatable bonds is 1. The minimum Gasteiger partial charge on any atom is -0.215 e. The van der Waals surface area contributed by atoms with E-state index in [-0.39, 0.29) is 35.1 Å². The van der Waals surface area contributed by atoms with Gasteiger partial charge in [0.2, 0.25) is 10.9 Å². The fraction of sp³-hybridized carbons (Fsp3) is 1.00. The van der Waals surface area contributed by atoms with Crippen LogP contribution in [0.15, 0.2) is 0 Å². The van der Waals surface area contributed by atoms with E-state index in [4.69, 9.17) is 0 Å². The molecule has 0 aliphatic carbocycles. The molecule has 9 heavy (non-hydrogen) atoms. The van der Waals surface area contributed by atoms with Crippen LogP contribution in [0.5, 0.6) is 0 Å². The molecule has 0 spiro atoms. The van der Waals surface area contributed by atoms with Crippen molar-refractivity contribution in [2.24, 2.45) is 0 Å². The van der Waals surface area contributed by atoms with E-state index in [1.165, 1.54) is 0 Å². The molecule has 0 aliphatic heterocycles. The van der Waals surface area contributed by atoms with E-state index in [0.29, 0.717) is 0 Å². The molecule has 0 rings (SSSR count). The monoisotopic (exact) mass is 160 g/mol. The average molecular weight is 160 g/mol. The molecule has 0 aromatic heterocycles. The largest absolute Gasteiger partial charge is 0.215 e. The average Bonchev–Trinajstić information content (AvgIpc) is 1.21. The quantitative estimate of drug-likeness (QED) is 0.402. The molecule has 0 bridgehead atoms. The van der Waals surface area contributed by atoms with Gasteiger partial charge in [-0.2, -0.15) is 0 Å². The molecule has 0 saturated carbocycles. The molecule has 5 heteroatoms. The van der Waals surface area contributed by atoms with Gasteiger partial charge in [-0.05, 0) is 20.8 Å². The van der Waals surface area contributed by atoms with Gasteiger partial charge >= 0.3 is 0 Å². The molecule has 0 aliphatic rings. The molecule has 1 radical (unpaired) electrons. The SMILES string of the molecule is CC(C)(C)N[SH](=O)=O.[Na]. The molecule has 0 heterocycles. The Bertz CT molecular complexity index is 130. The van der Waals surface area contributed by atoms with Gasteiger partial charge in [-0.3, -0.25) is 0 Å². The van der Waals surface area contributed by atoms with Crippen LogP contribution in [-0.4, -0.2) is 43.5 Å². The van der Waals surface area contributed by atoms with Crippen molar-refractivity contribution in [2.45, 2.75) is 26.3 Å². The van der Waals surface area contributed by atoms with Gasteiger partial charge in [0.15, 0.2) is 0 Å². The van der Waals surface area contributed by atoms with Crippen LogP contribution in [-0.2, 0) is 10.9 Å². The normalized spacial score (nSPS) is 11.1. The second-order valence-electron chi connectivity index (χ2n) is 2.62. The van der Waals surface area contributed by atoms with Crippen molar-refractivity contribution in [3.05, 3.63) is 0 Å². The van der Waals surface area contributed by atoms with Crippen molar-refractivity contribution in [3.8, 4) is 0 Å². The zero-order valence-electron chi connectivity index (χ0n) is 6.26. The minimum absolute atomic E-state index is 0. The van der Waals surface area contributed by atoms with Crippen molar-refractivity contribution in [1.29, 1.82) is 0 Å². The maximum absolute atomic E-state index is 9.94. The third kappa shape index (κ3) is 12.2. The Morgan fingerprint density at radius 1 is 1.22 bits per heavy atom. The molecular formula is C4H11NNaO2S. The Morgan fingerprint density at radius 3 is 1.56 bits per heavy atom. The molecule has 3 nitrogen and oxygen atoms in total. The van der Waals surface area contributed by atoms with Gasteiger partial charge in [0.25, 0.3) is 0 Å². The molecule has 0 aromatic rings. The van der Waals surface area contributed by atoms with Gasteiger partial charge in [0.1, 0.15) is 0 Å². The summed E-state index contributed by atoms with van der Waals surface area (Å²) in [5.74, 6) is 0. The van der Waals surface area contributed by atoms with Crippen molar-refractivity contribution in [3.63, 3.8) is 0 Å². The standard InChI is InChI=1S/C4H11NO2S.Na/c1-4(2,3)5-8(6)7;/h8H,1-3H3,(H,5,6,7);. The Hall–Kier alpha value is 0.910. The first-order valence-electron chi connectivity index (χ1n) is 2.34. The van der Waals surface area contributed by atoms with Crippen LogP contribution in [0.1, 0.15) is 20.8 Å². The minimum atomic E-state index is -2.44. The van der Waals surface area contributed by atoms with Crippen molar-refractivity contribution < 1.29 is 8.42 Å². The van der Waals surface area contributed by atoms with E-state index in [1.54, 1.807) is 20.8 Å². The summed E-state index contributed by atoms with van der Waals surface area (Å²) in [4.78, 5) is 0. The first kappa shape index (κ1) is 12.6. The predicted molar refractivity (Wildman–Crippen MR) is 39.0 cm³/mol. The van der Waals surface area contributed by atoms with Crippen LogP contribution < -0.4 is 4.72 Å². The van der Waals surface area contributed by atoms with E-state index >= 15 is 0 Å². The van der Waals surface area contributed by atoms with Gasteiger partial charge < -0.3 is 0 Å². The second-order valence-corrected chi connectivity index (χ2v) is 3.36. The third-order valence-electron chi connectivity index (χ3n) is 0.427. The van der Waals surface area contributed by atoms with Gasteiger partial charge in [-0.1, -0.05) is 0 Å². The molecule has 0 fully saturated rings. The molecular weight excluding hydrogens is 149 g/mol. The van der Waals surface area contributed by atoms with E-state index in [1.807, 2.05) is 0 Å². The molecule has 0 aromatic carbocycles. The van der Waals surface area contributed by atoms with Crippen molar-refractivity contribution in [1.82, 2.24) is 4.72 Å². The number of hydrogen-bond donors (Lipinski definition) is 2. The smallest absolute Gasteiger partial charge is 0.201 e. The van der Waals surface area contributed by atoms with E-state index in [0.717, 1.165) is 0 Å². The molecule has 1 N–H and O–H groups in total. The van der Waals surface area contributed by atoms with Gasteiger partial charge in [0.05, 0.1) is 0 Å². The maximum Gasteiger partial charge on any atom is 0.201 e. The molecule has 0 unspecified atom stereocenters. The van der Waals surface area contributed by atoms with E-state index in [2.05, 4.69) is 4.72 Å². The fourth-order valence-corrected chi connectivity index (χ4v) is 0.822. The Kier molecular flexibility index (Phi) is 6.54. The van der Waals surface area contributed by atoms with Crippen LogP contribution in [0, 0.1) is 0 Å². The number of hydrogen-bond acceptors (Lipinski definition) is 2. The summed E-state index contributed by atoms with van der Waals surface area (Å²) in [7, 11) is -2.44. The summed E-state index contributed by atoms with van der Waals surface area (Å²) in [6.07, 6.45) is 0. The summed E-state index contributed by atoms with van der Waals surface area (Å²) >= 11 is 0. The van der Waals surface area contributed by atoms with Gasteiger partial charge in [-0.15, -0.1) is 0 Å². The van der Waals surface area contributed by atoms with Crippen LogP contribution >= 0.6 is 0 Å². The number of thiol groups is 1. The third-order valence-corrected chi connectivity index (χ3v) is 1.28. The zero-order valence-corrected chi connectivity index (χ0v) is 9.16. The molecule has 0 saturated heterocycles. The summed E-state index contributed by atoms with van der Waals surface area (Å²) in [6, 6.07) is 0. The molecule has 0 amide bonds. The Labute approximate surface area is 79.6 Å². The van der Waals surface area contributed by atoms with Crippen LogP contribution in [0.2, 0.25) is 0 Å². The van der Waals surface area contributed by atoms with Crippen molar-refractivity contribution >= 4 is 40.4 Å². The predicted octanol–water partition coefficient (Wildman–Crippen LogP) is -0.480. The van der Waals surface area contributed by atoms with Crippen LogP contribution in [0.3, 0.4) is 0 Å². The molecule has 51 valence electrons. The van der Waals surface area contributed by atoms with E-state index in [9.17, 15) is 8.42 Å². The summed E-state index contributed by atoms with van der Waals surface area (Å²) in [5, 5.41) is 0. The Balaban J connectivity index is 0. The van der Waals surface area contributed by atoms with Gasteiger partial charge in [-0.25, -0.2) is 13.1 Å². The molecule has 0 atom stereocenters. The van der Waals surface area contributed by atoms with E-state index < -0.39 is 10.9 Å². The first-order valence-corrected chi connectivity index (χ1v) is 3.52. The summed E-state index contributed by atoms with van der Waals surface area (Å²) in [6.45, 7) is 5.37. The van der Waals surface area contributed by atoms with Gasteiger partial charge in [0, 0.05) is 35.1 Å². The van der Waals surface area contributed by atoms with Crippen LogP contribution in [0.4, 0.5) is 0 Å². The summed E-state index contributed by atoms with van der Waals surface area (Å²) < 4.78 is 22.2. The second kappa shape index (κ2) is 4.68. The Morgan fingerprint density at radius 2 is 1.56 bits per heavy atom. The zero-order chi connectivity index (χ0) is 6.78. The number of nitrogens with one attached hydrogen (secondary N) is 1.